The summed E-state index contributed by atoms with van der Waals surface area (Å²) in [4.78, 5) is 23.0. The van der Waals surface area contributed by atoms with Gasteiger partial charge in [0.05, 0.1) is 5.56 Å². The fourth-order valence-corrected chi connectivity index (χ4v) is 4.01. The third kappa shape index (κ3) is 3.62. The first-order chi connectivity index (χ1) is 12.3. The predicted octanol–water partition coefficient (Wildman–Crippen LogP) is 2.71. The molecule has 0 saturated carbocycles. The average Bonchev–Trinajstić information content (AvgIpc) is 2.88. The van der Waals surface area contributed by atoms with Gasteiger partial charge in [-0.2, -0.15) is 0 Å². The summed E-state index contributed by atoms with van der Waals surface area (Å²) in [5.41, 5.74) is 2.20. The average molecular weight is 360 g/mol. The Hall–Kier alpha value is -1.92. The van der Waals surface area contributed by atoms with E-state index in [1.54, 1.807) is 6.07 Å². The normalized spacial score (nSPS) is 21.7. The van der Waals surface area contributed by atoms with Gasteiger partial charge in [-0.05, 0) is 53.1 Å². The Morgan fingerprint density at radius 3 is 2.54 bits per heavy atom. The molecule has 142 valence electrons. The maximum atomic E-state index is 13.7. The van der Waals surface area contributed by atoms with E-state index in [0.717, 1.165) is 24.3 Å². The Balaban J connectivity index is 1.81. The Morgan fingerprint density at radius 2 is 1.92 bits per heavy atom. The van der Waals surface area contributed by atoms with Crippen LogP contribution in [-0.4, -0.2) is 77.9 Å². The molecule has 0 radical (unpaired) electrons. The first kappa shape index (κ1) is 18.9. The minimum atomic E-state index is -0.319. The lowest BCUT2D eigenvalue weighted by molar-refractivity contribution is 0.0283. The van der Waals surface area contributed by atoms with Crippen LogP contribution in [0.3, 0.4) is 0 Å². The number of aromatic amines is 1. The molecule has 2 unspecified atom stereocenters. The summed E-state index contributed by atoms with van der Waals surface area (Å²) in [7, 11) is 4.15. The zero-order valence-electron chi connectivity index (χ0n) is 16.3. The molecule has 2 atom stereocenters. The second-order valence-electron chi connectivity index (χ2n) is 7.76. The van der Waals surface area contributed by atoms with Gasteiger partial charge >= 0.3 is 0 Å². The minimum absolute atomic E-state index is 0.00897. The number of rotatable bonds is 4. The molecule has 1 aliphatic heterocycles. The molecular formula is C20H29FN4O. The Bertz CT molecular complexity index is 788. The molecule has 3 rings (SSSR count). The quantitative estimate of drug-likeness (QED) is 0.912. The van der Waals surface area contributed by atoms with Gasteiger partial charge in [-0.3, -0.25) is 9.69 Å². The number of hydrogen-bond acceptors (Lipinski definition) is 3. The van der Waals surface area contributed by atoms with Crippen molar-refractivity contribution in [1.82, 2.24) is 19.7 Å². The summed E-state index contributed by atoms with van der Waals surface area (Å²) >= 11 is 0. The number of hydrogen-bond donors (Lipinski definition) is 1. The van der Waals surface area contributed by atoms with Gasteiger partial charge in [-0.25, -0.2) is 4.39 Å². The third-order valence-corrected chi connectivity index (χ3v) is 5.36. The highest BCUT2D eigenvalue weighted by Crippen LogP contribution is 2.26. The van der Waals surface area contributed by atoms with E-state index in [1.165, 1.54) is 12.1 Å². The van der Waals surface area contributed by atoms with Gasteiger partial charge in [0.1, 0.15) is 5.82 Å². The van der Waals surface area contributed by atoms with Crippen LogP contribution in [-0.2, 0) is 0 Å². The molecule has 6 heteroatoms. The molecule has 0 spiro atoms. The third-order valence-electron chi connectivity index (χ3n) is 5.36. The molecule has 2 heterocycles. The molecule has 1 N–H and O–H groups in total. The van der Waals surface area contributed by atoms with Crippen LogP contribution in [0.5, 0.6) is 0 Å². The van der Waals surface area contributed by atoms with Crippen molar-refractivity contribution in [2.24, 2.45) is 0 Å². The molecule has 0 aliphatic carbocycles. The van der Waals surface area contributed by atoms with Gasteiger partial charge in [0.15, 0.2) is 0 Å². The Labute approximate surface area is 154 Å². The van der Waals surface area contributed by atoms with Gasteiger partial charge in [-0.15, -0.1) is 0 Å². The van der Waals surface area contributed by atoms with Crippen molar-refractivity contribution in [2.45, 2.75) is 32.9 Å². The van der Waals surface area contributed by atoms with Gasteiger partial charge in [-0.1, -0.05) is 0 Å². The highest BCUT2D eigenvalue weighted by molar-refractivity contribution is 6.08. The summed E-state index contributed by atoms with van der Waals surface area (Å²) in [5.74, 6) is -0.328. The zero-order chi connectivity index (χ0) is 19.0. The highest BCUT2D eigenvalue weighted by Gasteiger charge is 2.33. The van der Waals surface area contributed by atoms with Crippen molar-refractivity contribution < 1.29 is 9.18 Å². The topological polar surface area (TPSA) is 42.6 Å². The number of aromatic nitrogens is 1. The van der Waals surface area contributed by atoms with E-state index in [4.69, 9.17) is 0 Å². The maximum absolute atomic E-state index is 13.7. The Kier molecular flexibility index (Phi) is 5.34. The number of aryl methyl sites for hydroxylation is 1. The number of carbonyl (C=O) groups excluding carboxylic acids is 1. The van der Waals surface area contributed by atoms with Gasteiger partial charge in [0.25, 0.3) is 5.91 Å². The molecule has 1 fully saturated rings. The minimum Gasteiger partial charge on any atom is -0.358 e. The number of amides is 1. The standard InChI is InChI=1S/C20H29FN4O/c1-13-11-24(12-14(2)25(13)9-8-23(4)5)20(26)19-15(3)22-18-7-6-16(21)10-17(18)19/h6-7,10,13-14,22H,8-9,11-12H2,1-5H3. The molecule has 1 aromatic heterocycles. The molecule has 1 saturated heterocycles. The van der Waals surface area contributed by atoms with E-state index in [2.05, 4.69) is 42.7 Å². The molecule has 0 bridgehead atoms. The smallest absolute Gasteiger partial charge is 0.256 e. The lowest BCUT2D eigenvalue weighted by atomic mass is 10.0. The number of carbonyl (C=O) groups is 1. The second-order valence-corrected chi connectivity index (χ2v) is 7.76. The summed E-state index contributed by atoms with van der Waals surface area (Å²) in [6.07, 6.45) is 0. The summed E-state index contributed by atoms with van der Waals surface area (Å²) in [6, 6.07) is 5.15. The van der Waals surface area contributed by atoms with Crippen LogP contribution in [0.4, 0.5) is 4.39 Å². The van der Waals surface area contributed by atoms with Crippen LogP contribution in [0, 0.1) is 12.7 Å². The predicted molar refractivity (Wildman–Crippen MR) is 103 cm³/mol. The van der Waals surface area contributed by atoms with E-state index in [1.807, 2.05) is 11.8 Å². The number of benzene rings is 1. The van der Waals surface area contributed by atoms with Crippen LogP contribution in [0.1, 0.15) is 29.9 Å². The van der Waals surface area contributed by atoms with E-state index in [9.17, 15) is 9.18 Å². The van der Waals surface area contributed by atoms with Gasteiger partial charge in [0.2, 0.25) is 0 Å². The molecular weight excluding hydrogens is 331 g/mol. The Morgan fingerprint density at radius 1 is 1.27 bits per heavy atom. The second kappa shape index (κ2) is 7.37. The summed E-state index contributed by atoms with van der Waals surface area (Å²) in [6.45, 7) is 9.61. The lowest BCUT2D eigenvalue weighted by Gasteiger charge is -2.44. The SMILES string of the molecule is Cc1[nH]c2ccc(F)cc2c1C(=O)N1CC(C)N(CCN(C)C)C(C)C1. The van der Waals surface area contributed by atoms with Crippen LogP contribution in [0.25, 0.3) is 10.9 Å². The molecule has 1 amide bonds. The molecule has 26 heavy (non-hydrogen) atoms. The van der Waals surface area contributed by atoms with Gasteiger partial charge in [0, 0.05) is 54.9 Å². The van der Waals surface area contributed by atoms with Crippen molar-refractivity contribution in [3.05, 3.63) is 35.3 Å². The van der Waals surface area contributed by atoms with E-state index in [0.29, 0.717) is 36.1 Å². The number of halogens is 1. The van der Waals surface area contributed by atoms with E-state index in [-0.39, 0.29) is 11.7 Å². The zero-order valence-corrected chi connectivity index (χ0v) is 16.3. The molecule has 5 nitrogen and oxygen atoms in total. The van der Waals surface area contributed by atoms with Crippen LogP contribution in [0.2, 0.25) is 0 Å². The number of nitrogens with zero attached hydrogens (tertiary/aromatic N) is 3. The highest BCUT2D eigenvalue weighted by atomic mass is 19.1. The number of H-pyrrole nitrogens is 1. The fraction of sp³-hybridized carbons (Fsp3) is 0.550. The number of nitrogens with one attached hydrogen (secondary N) is 1. The number of likely N-dealkylation sites (N-methyl/N-ethyl adjacent to an activating group) is 1. The van der Waals surface area contributed by atoms with E-state index >= 15 is 0 Å². The van der Waals surface area contributed by atoms with Crippen molar-refractivity contribution in [2.75, 3.05) is 40.3 Å². The number of piperazine rings is 1. The monoisotopic (exact) mass is 360 g/mol. The van der Waals surface area contributed by atoms with Crippen LogP contribution < -0.4 is 0 Å². The van der Waals surface area contributed by atoms with Crippen molar-refractivity contribution in [3.8, 4) is 0 Å². The van der Waals surface area contributed by atoms with Crippen molar-refractivity contribution in [3.63, 3.8) is 0 Å². The fourth-order valence-electron chi connectivity index (χ4n) is 4.01. The van der Waals surface area contributed by atoms with Crippen LogP contribution >= 0.6 is 0 Å². The summed E-state index contributed by atoms with van der Waals surface area (Å²) < 4.78 is 13.7. The van der Waals surface area contributed by atoms with Crippen molar-refractivity contribution >= 4 is 16.8 Å². The molecule has 1 aliphatic rings. The first-order valence-corrected chi connectivity index (χ1v) is 9.25. The van der Waals surface area contributed by atoms with Crippen molar-refractivity contribution in [1.29, 1.82) is 0 Å². The molecule has 2 aromatic rings. The largest absolute Gasteiger partial charge is 0.358 e. The first-order valence-electron chi connectivity index (χ1n) is 9.25. The summed E-state index contributed by atoms with van der Waals surface area (Å²) in [5, 5.41) is 0.669. The van der Waals surface area contributed by atoms with E-state index < -0.39 is 0 Å². The maximum Gasteiger partial charge on any atom is 0.256 e. The van der Waals surface area contributed by atoms with Crippen LogP contribution in [0.15, 0.2) is 18.2 Å². The lowest BCUT2D eigenvalue weighted by Crippen LogP contribution is -2.59. The van der Waals surface area contributed by atoms with Gasteiger partial charge < -0.3 is 14.8 Å². The molecule has 1 aromatic carbocycles. The number of fused-ring (bicyclic) bond motifs is 1.